The highest BCUT2D eigenvalue weighted by Gasteiger charge is 2.18. The lowest BCUT2D eigenvalue weighted by Crippen LogP contribution is -2.28. The van der Waals surface area contributed by atoms with Gasteiger partial charge >= 0.3 is 0 Å². The van der Waals surface area contributed by atoms with E-state index >= 15 is 0 Å². The lowest BCUT2D eigenvalue weighted by molar-refractivity contribution is -0.113. The van der Waals surface area contributed by atoms with Crippen LogP contribution in [0, 0.1) is 0 Å². The first kappa shape index (κ1) is 22.3. The number of furan rings is 1. The van der Waals surface area contributed by atoms with Gasteiger partial charge < -0.3 is 19.6 Å². The van der Waals surface area contributed by atoms with Crippen LogP contribution in [0.4, 0.5) is 5.69 Å². The van der Waals surface area contributed by atoms with Crippen LogP contribution < -0.4 is 10.6 Å². The molecule has 0 aliphatic heterocycles. The van der Waals surface area contributed by atoms with Crippen molar-refractivity contribution in [1.29, 1.82) is 0 Å². The van der Waals surface area contributed by atoms with Crippen molar-refractivity contribution in [3.8, 4) is 11.6 Å². The summed E-state index contributed by atoms with van der Waals surface area (Å²) in [6, 6.07) is 20.1. The van der Waals surface area contributed by atoms with Crippen molar-refractivity contribution in [2.45, 2.75) is 18.1 Å². The Morgan fingerprint density at radius 2 is 1.79 bits per heavy atom. The lowest BCUT2D eigenvalue weighted by atomic mass is 10.1. The van der Waals surface area contributed by atoms with Gasteiger partial charge in [0.15, 0.2) is 16.7 Å². The molecule has 2 N–H and O–H groups in total. The molecular formula is C24H23N5O3S. The Morgan fingerprint density at radius 3 is 2.55 bits per heavy atom. The minimum atomic E-state index is -0.258. The maximum absolute atomic E-state index is 12.9. The van der Waals surface area contributed by atoms with Gasteiger partial charge in [0.1, 0.15) is 0 Å². The molecule has 168 valence electrons. The molecule has 0 aliphatic rings. The monoisotopic (exact) mass is 461 g/mol. The van der Waals surface area contributed by atoms with Gasteiger partial charge in [0.05, 0.1) is 29.3 Å². The topological polar surface area (TPSA) is 102 Å². The number of amides is 2. The van der Waals surface area contributed by atoms with Gasteiger partial charge in [-0.2, -0.15) is 0 Å². The highest BCUT2D eigenvalue weighted by Crippen LogP contribution is 2.23. The van der Waals surface area contributed by atoms with E-state index in [1.807, 2.05) is 44.3 Å². The first-order chi connectivity index (χ1) is 16.0. The van der Waals surface area contributed by atoms with Gasteiger partial charge in [-0.25, -0.2) is 0 Å². The number of carbonyl (C=O) groups is 2. The molecular weight excluding hydrogens is 438 g/mol. The number of para-hydroxylation sites is 1. The summed E-state index contributed by atoms with van der Waals surface area (Å²) in [5.74, 6) is 0.786. The summed E-state index contributed by atoms with van der Waals surface area (Å²) >= 11 is 1.25. The fourth-order valence-electron chi connectivity index (χ4n) is 3.27. The summed E-state index contributed by atoms with van der Waals surface area (Å²) in [5, 5.41) is 14.6. The van der Waals surface area contributed by atoms with Gasteiger partial charge in [-0.05, 0) is 36.8 Å². The summed E-state index contributed by atoms with van der Waals surface area (Å²) in [5.41, 5.74) is 1.86. The van der Waals surface area contributed by atoms with Crippen molar-refractivity contribution in [2.75, 3.05) is 11.1 Å². The smallest absolute Gasteiger partial charge is 0.253 e. The van der Waals surface area contributed by atoms with E-state index in [1.54, 1.807) is 47.2 Å². The van der Waals surface area contributed by atoms with Crippen molar-refractivity contribution >= 4 is 29.3 Å². The Balaban J connectivity index is 1.38. The Bertz CT molecular complexity index is 1240. The molecule has 9 heteroatoms. The molecule has 8 nitrogen and oxygen atoms in total. The Kier molecular flexibility index (Phi) is 6.89. The van der Waals surface area contributed by atoms with Gasteiger partial charge in [-0.1, -0.05) is 54.2 Å². The Hall–Kier alpha value is -3.85. The Morgan fingerprint density at radius 1 is 1.03 bits per heavy atom. The van der Waals surface area contributed by atoms with Gasteiger partial charge in [-0.3, -0.25) is 9.59 Å². The maximum atomic E-state index is 12.9. The standard InChI is InChI=1S/C24H23N5O3S/c1-16(17-9-4-3-5-10-17)25-23(31)18-11-6-7-12-19(18)26-21(30)15-33-24-28-27-22(29(24)2)20-13-8-14-32-20/h3-14,16H,15H2,1-2H3,(H,25,31)(H,26,30)/t16-/m1/s1. The molecule has 0 fully saturated rings. The predicted molar refractivity (Wildman–Crippen MR) is 127 cm³/mol. The average molecular weight is 462 g/mol. The van der Waals surface area contributed by atoms with E-state index in [0.717, 1.165) is 5.56 Å². The number of rotatable bonds is 8. The number of hydrogen-bond donors (Lipinski definition) is 2. The van der Waals surface area contributed by atoms with Gasteiger partial charge in [0, 0.05) is 7.05 Å². The minimum absolute atomic E-state index is 0.112. The van der Waals surface area contributed by atoms with E-state index in [-0.39, 0.29) is 23.6 Å². The van der Waals surface area contributed by atoms with Crippen LogP contribution in [0.3, 0.4) is 0 Å². The normalized spacial score (nSPS) is 11.7. The highest BCUT2D eigenvalue weighted by molar-refractivity contribution is 7.99. The fourth-order valence-corrected chi connectivity index (χ4v) is 3.98. The second-order valence-electron chi connectivity index (χ2n) is 7.33. The SMILES string of the molecule is C[C@@H](NC(=O)c1ccccc1NC(=O)CSc1nnc(-c2ccco2)n1C)c1ccccc1. The molecule has 1 atom stereocenters. The second-order valence-corrected chi connectivity index (χ2v) is 8.27. The van der Waals surface area contributed by atoms with Crippen LogP contribution >= 0.6 is 11.8 Å². The first-order valence-corrected chi connectivity index (χ1v) is 11.3. The number of carbonyl (C=O) groups excluding carboxylic acids is 2. The van der Waals surface area contributed by atoms with Crippen LogP contribution in [-0.2, 0) is 11.8 Å². The average Bonchev–Trinajstić information content (AvgIpc) is 3.48. The molecule has 2 heterocycles. The molecule has 0 bridgehead atoms. The molecule has 2 aromatic heterocycles. The largest absolute Gasteiger partial charge is 0.461 e. The zero-order valence-electron chi connectivity index (χ0n) is 18.2. The summed E-state index contributed by atoms with van der Waals surface area (Å²) in [6.07, 6.45) is 1.57. The van der Waals surface area contributed by atoms with Crippen LogP contribution in [0.15, 0.2) is 82.6 Å². The second kappa shape index (κ2) is 10.2. The molecule has 2 amide bonds. The molecule has 0 unspecified atom stereocenters. The highest BCUT2D eigenvalue weighted by atomic mass is 32.2. The fraction of sp³-hybridized carbons (Fsp3) is 0.167. The van der Waals surface area contributed by atoms with E-state index in [0.29, 0.717) is 28.0 Å². The molecule has 2 aromatic carbocycles. The number of nitrogens with zero attached hydrogens (tertiary/aromatic N) is 3. The Labute approximate surface area is 195 Å². The predicted octanol–water partition coefficient (Wildman–Crippen LogP) is 4.30. The van der Waals surface area contributed by atoms with Crippen molar-refractivity contribution in [3.63, 3.8) is 0 Å². The summed E-state index contributed by atoms with van der Waals surface area (Å²) in [6.45, 7) is 1.92. The number of thioether (sulfide) groups is 1. The van der Waals surface area contributed by atoms with Crippen molar-refractivity contribution in [3.05, 3.63) is 84.1 Å². The van der Waals surface area contributed by atoms with Gasteiger partial charge in [0.25, 0.3) is 5.91 Å². The zero-order chi connectivity index (χ0) is 23.2. The molecule has 33 heavy (non-hydrogen) atoms. The van der Waals surface area contributed by atoms with E-state index in [2.05, 4.69) is 20.8 Å². The van der Waals surface area contributed by atoms with Crippen molar-refractivity contribution in [1.82, 2.24) is 20.1 Å². The van der Waals surface area contributed by atoms with Crippen LogP contribution in [0.1, 0.15) is 28.9 Å². The first-order valence-electron chi connectivity index (χ1n) is 10.3. The number of nitrogens with one attached hydrogen (secondary N) is 2. The summed E-state index contributed by atoms with van der Waals surface area (Å²) in [4.78, 5) is 25.5. The van der Waals surface area contributed by atoms with Crippen molar-refractivity contribution < 1.29 is 14.0 Å². The number of aromatic nitrogens is 3. The summed E-state index contributed by atoms with van der Waals surface area (Å²) in [7, 11) is 1.81. The molecule has 0 saturated heterocycles. The van der Waals surface area contributed by atoms with Crippen molar-refractivity contribution in [2.24, 2.45) is 7.05 Å². The number of benzene rings is 2. The summed E-state index contributed by atoms with van der Waals surface area (Å²) < 4.78 is 7.13. The minimum Gasteiger partial charge on any atom is -0.461 e. The van der Waals surface area contributed by atoms with Crippen LogP contribution in [0.5, 0.6) is 0 Å². The zero-order valence-corrected chi connectivity index (χ0v) is 19.0. The van der Waals surface area contributed by atoms with E-state index in [9.17, 15) is 9.59 Å². The van der Waals surface area contributed by atoms with E-state index in [1.165, 1.54) is 11.8 Å². The third kappa shape index (κ3) is 5.32. The molecule has 0 aliphatic carbocycles. The van der Waals surface area contributed by atoms with E-state index < -0.39 is 0 Å². The third-order valence-electron chi connectivity index (χ3n) is 5.00. The van der Waals surface area contributed by atoms with Crippen LogP contribution in [0.2, 0.25) is 0 Å². The van der Waals surface area contributed by atoms with Gasteiger partial charge in [0.2, 0.25) is 5.91 Å². The molecule has 0 radical (unpaired) electrons. The number of hydrogen-bond acceptors (Lipinski definition) is 6. The molecule has 0 spiro atoms. The molecule has 4 rings (SSSR count). The quantitative estimate of drug-likeness (QED) is 0.380. The van der Waals surface area contributed by atoms with Gasteiger partial charge in [-0.15, -0.1) is 10.2 Å². The van der Waals surface area contributed by atoms with Crippen LogP contribution in [-0.4, -0.2) is 32.3 Å². The van der Waals surface area contributed by atoms with E-state index in [4.69, 9.17) is 4.42 Å². The maximum Gasteiger partial charge on any atom is 0.253 e. The lowest BCUT2D eigenvalue weighted by Gasteiger charge is -2.16. The number of anilines is 1. The molecule has 0 saturated carbocycles. The van der Waals surface area contributed by atoms with Crippen LogP contribution in [0.25, 0.3) is 11.6 Å². The third-order valence-corrected chi connectivity index (χ3v) is 6.02. The molecule has 4 aromatic rings.